The van der Waals surface area contributed by atoms with E-state index >= 15 is 0 Å². The second kappa shape index (κ2) is 18.9. The van der Waals surface area contributed by atoms with Gasteiger partial charge >= 0.3 is 0 Å². The summed E-state index contributed by atoms with van der Waals surface area (Å²) in [6, 6.07) is 73.6. The Hall–Kier alpha value is -8.46. The Morgan fingerprint density at radius 3 is 1.22 bits per heavy atom. The third-order valence-electron chi connectivity index (χ3n) is 15.8. The minimum Gasteiger partial charge on any atom is -0.309 e. The summed E-state index contributed by atoms with van der Waals surface area (Å²) < 4.78 is 0. The number of allylic oxidation sites excluding steroid dienone is 6. The van der Waals surface area contributed by atoms with Crippen molar-refractivity contribution >= 4 is 46.3 Å². The quantitative estimate of drug-likeness (QED) is 0.135. The maximum atomic E-state index is 2.63. The molecule has 0 aliphatic heterocycles. The molecule has 0 fully saturated rings. The molecule has 0 spiro atoms. The van der Waals surface area contributed by atoms with E-state index in [1.165, 1.54) is 106 Å². The summed E-state index contributed by atoms with van der Waals surface area (Å²) in [6.45, 7) is 16.2. The van der Waals surface area contributed by atoms with E-state index in [0.29, 0.717) is 0 Å². The van der Waals surface area contributed by atoms with Crippen molar-refractivity contribution in [2.75, 3.05) is 9.80 Å². The van der Waals surface area contributed by atoms with Gasteiger partial charge in [0, 0.05) is 45.5 Å². The van der Waals surface area contributed by atoms with Gasteiger partial charge in [0.25, 0.3) is 0 Å². The SMILES string of the molecule is Cc1ccccc1N(c1cc(N(c2ccccc2C)c2c(-c3ccccc3)ccc(-c3ccccc3)c2C)c2c3c1C=CC1=CC(C(C)(C)C)=CC(C=C2)C13)c1c(-c2ccccc2)ccc(-c2ccccc2)c1C. The summed E-state index contributed by atoms with van der Waals surface area (Å²) in [5, 5.41) is 0. The lowest BCUT2D eigenvalue weighted by Crippen LogP contribution is -2.27. The van der Waals surface area contributed by atoms with Crippen molar-refractivity contribution in [3.63, 3.8) is 0 Å². The number of benzene rings is 9. The normalized spacial score (nSPS) is 15.3. The molecular weight excluding hydrogens is 893 g/mol. The van der Waals surface area contributed by atoms with E-state index in [0.717, 1.165) is 22.7 Å². The molecule has 360 valence electrons. The lowest BCUT2D eigenvalue weighted by molar-refractivity contribution is 0.499. The van der Waals surface area contributed by atoms with Crippen molar-refractivity contribution in [2.24, 2.45) is 11.3 Å². The molecule has 12 rings (SSSR count). The predicted molar refractivity (Wildman–Crippen MR) is 316 cm³/mol. The minimum atomic E-state index is 0.000750. The molecule has 9 aromatic carbocycles. The van der Waals surface area contributed by atoms with Gasteiger partial charge in [0.15, 0.2) is 0 Å². The number of rotatable bonds is 10. The molecule has 2 unspecified atom stereocenters. The van der Waals surface area contributed by atoms with Gasteiger partial charge in [-0.1, -0.05) is 239 Å². The summed E-state index contributed by atoms with van der Waals surface area (Å²) in [6.07, 6.45) is 14.9. The van der Waals surface area contributed by atoms with Crippen LogP contribution in [-0.4, -0.2) is 0 Å². The van der Waals surface area contributed by atoms with Gasteiger partial charge in [-0.3, -0.25) is 0 Å². The van der Waals surface area contributed by atoms with Crippen LogP contribution in [0.3, 0.4) is 0 Å². The van der Waals surface area contributed by atoms with Crippen LogP contribution in [0.4, 0.5) is 34.1 Å². The molecule has 0 radical (unpaired) electrons. The van der Waals surface area contributed by atoms with E-state index in [1.54, 1.807) is 0 Å². The summed E-state index contributed by atoms with van der Waals surface area (Å²) in [5.41, 5.74) is 27.9. The lowest BCUT2D eigenvalue weighted by Gasteiger charge is -2.43. The smallest absolute Gasteiger partial charge is 0.0575 e. The predicted octanol–water partition coefficient (Wildman–Crippen LogP) is 20.2. The van der Waals surface area contributed by atoms with Crippen molar-refractivity contribution in [1.29, 1.82) is 0 Å². The fourth-order valence-corrected chi connectivity index (χ4v) is 12.0. The molecular formula is C72H62N2. The monoisotopic (exact) mass is 954 g/mol. The Morgan fingerprint density at radius 2 is 0.784 bits per heavy atom. The summed E-state index contributed by atoms with van der Waals surface area (Å²) in [4.78, 5) is 5.26. The molecule has 0 saturated carbocycles. The van der Waals surface area contributed by atoms with E-state index in [-0.39, 0.29) is 17.3 Å². The summed E-state index contributed by atoms with van der Waals surface area (Å²) in [7, 11) is 0. The minimum absolute atomic E-state index is 0.000750. The van der Waals surface area contributed by atoms with E-state index in [9.17, 15) is 0 Å². The molecule has 0 saturated heterocycles. The van der Waals surface area contributed by atoms with Gasteiger partial charge in [-0.05, 0) is 124 Å². The maximum absolute atomic E-state index is 2.63. The first-order valence-corrected chi connectivity index (χ1v) is 26.3. The average molecular weight is 955 g/mol. The molecule has 3 aliphatic carbocycles. The number of nitrogens with zero attached hydrogens (tertiary/aromatic N) is 2. The van der Waals surface area contributed by atoms with Crippen molar-refractivity contribution in [2.45, 2.75) is 54.4 Å². The van der Waals surface area contributed by atoms with Gasteiger partial charge in [0.1, 0.15) is 0 Å². The summed E-state index contributed by atoms with van der Waals surface area (Å²) >= 11 is 0. The van der Waals surface area contributed by atoms with Crippen molar-refractivity contribution in [3.8, 4) is 44.5 Å². The lowest BCUT2D eigenvalue weighted by atomic mass is 9.65. The van der Waals surface area contributed by atoms with Crippen LogP contribution >= 0.6 is 0 Å². The Balaban J connectivity index is 1.25. The van der Waals surface area contributed by atoms with Crippen LogP contribution in [0.25, 0.3) is 56.7 Å². The second-order valence-electron chi connectivity index (χ2n) is 21.4. The third-order valence-corrected chi connectivity index (χ3v) is 15.8. The Bertz CT molecular complexity index is 3740. The molecule has 2 heteroatoms. The van der Waals surface area contributed by atoms with Gasteiger partial charge in [0.2, 0.25) is 0 Å². The zero-order valence-electron chi connectivity index (χ0n) is 43.6. The fourth-order valence-electron chi connectivity index (χ4n) is 12.0. The van der Waals surface area contributed by atoms with Crippen LogP contribution in [0.5, 0.6) is 0 Å². The van der Waals surface area contributed by atoms with Crippen molar-refractivity contribution in [3.05, 3.63) is 275 Å². The molecule has 3 aliphatic rings. The Labute approximate surface area is 438 Å². The molecule has 9 aromatic rings. The molecule has 0 heterocycles. The zero-order valence-corrected chi connectivity index (χ0v) is 43.6. The Kier molecular flexibility index (Phi) is 11.9. The number of anilines is 6. The molecule has 0 amide bonds. The Morgan fingerprint density at radius 1 is 0.392 bits per heavy atom. The zero-order chi connectivity index (χ0) is 50.7. The molecule has 2 nitrogen and oxygen atoms in total. The van der Waals surface area contributed by atoms with Crippen LogP contribution in [0.2, 0.25) is 0 Å². The second-order valence-corrected chi connectivity index (χ2v) is 21.4. The highest BCUT2D eigenvalue weighted by Gasteiger charge is 2.40. The van der Waals surface area contributed by atoms with E-state index in [4.69, 9.17) is 0 Å². The highest BCUT2D eigenvalue weighted by Crippen LogP contribution is 2.59. The van der Waals surface area contributed by atoms with Crippen LogP contribution in [0.1, 0.15) is 65.6 Å². The van der Waals surface area contributed by atoms with Crippen LogP contribution < -0.4 is 9.80 Å². The van der Waals surface area contributed by atoms with Gasteiger partial charge in [-0.25, -0.2) is 0 Å². The van der Waals surface area contributed by atoms with E-state index in [2.05, 4.69) is 295 Å². The number of para-hydroxylation sites is 2. The highest BCUT2D eigenvalue weighted by atomic mass is 15.2. The van der Waals surface area contributed by atoms with Crippen LogP contribution in [0, 0.1) is 39.0 Å². The van der Waals surface area contributed by atoms with Crippen LogP contribution in [0.15, 0.2) is 236 Å². The molecule has 0 aromatic heterocycles. The maximum Gasteiger partial charge on any atom is 0.0575 e. The standard InChI is InChI=1S/C72H62N2/c1-47-24-20-22-34-64(47)73(70-49(3)58(51-26-12-8-13-27-51)40-42-60(70)53-30-16-10-17-31-53)66-46-67(63-39-37-56-45-57(72(5,6)7)44-55-36-38-62(66)69(63)68(55)56)74(65-35-23-21-25-48(65)2)71-50(4)59(52-28-14-9-15-29-52)41-43-61(71)54-32-18-11-19-33-54/h8-46,55,68H,1-7H3. The first-order valence-electron chi connectivity index (χ1n) is 26.3. The average Bonchev–Trinajstić information content (AvgIpc) is 3.47. The number of hydrogen-bond donors (Lipinski definition) is 0. The molecule has 74 heavy (non-hydrogen) atoms. The molecule has 0 bridgehead atoms. The first kappa shape index (κ1) is 46.6. The number of hydrogen-bond acceptors (Lipinski definition) is 2. The molecule has 2 atom stereocenters. The number of aryl methyl sites for hydroxylation is 2. The van der Waals surface area contributed by atoms with Gasteiger partial charge in [0.05, 0.1) is 22.7 Å². The van der Waals surface area contributed by atoms with Gasteiger partial charge < -0.3 is 9.80 Å². The summed E-state index contributed by atoms with van der Waals surface area (Å²) in [5.74, 6) is 0.307. The van der Waals surface area contributed by atoms with E-state index in [1.807, 2.05) is 0 Å². The van der Waals surface area contributed by atoms with Gasteiger partial charge in [-0.15, -0.1) is 0 Å². The highest BCUT2D eigenvalue weighted by molar-refractivity contribution is 6.03. The fraction of sp³-hybridized carbons (Fsp3) is 0.139. The topological polar surface area (TPSA) is 6.48 Å². The van der Waals surface area contributed by atoms with Crippen molar-refractivity contribution in [1.82, 2.24) is 0 Å². The van der Waals surface area contributed by atoms with Gasteiger partial charge in [-0.2, -0.15) is 0 Å². The third kappa shape index (κ3) is 8.07. The molecule has 0 N–H and O–H groups in total. The largest absolute Gasteiger partial charge is 0.309 e. The van der Waals surface area contributed by atoms with E-state index < -0.39 is 0 Å². The first-order chi connectivity index (χ1) is 36.0. The van der Waals surface area contributed by atoms with Crippen LogP contribution in [-0.2, 0) is 0 Å². The van der Waals surface area contributed by atoms with Crippen molar-refractivity contribution < 1.29 is 0 Å².